The lowest BCUT2D eigenvalue weighted by atomic mass is 10.2. The van der Waals surface area contributed by atoms with Gasteiger partial charge in [-0.2, -0.15) is 0 Å². The predicted molar refractivity (Wildman–Crippen MR) is 78.8 cm³/mol. The maximum atomic E-state index is 10.8. The van der Waals surface area contributed by atoms with Crippen LogP contribution in [-0.4, -0.2) is 35.1 Å². The number of pyridine rings is 1. The Balaban J connectivity index is 2.20. The lowest BCUT2D eigenvalue weighted by Crippen LogP contribution is -2.41. The summed E-state index contributed by atoms with van der Waals surface area (Å²) in [5.74, 6) is 0.661. The van der Waals surface area contributed by atoms with Crippen molar-refractivity contribution in [2.24, 2.45) is 0 Å². The molecule has 0 radical (unpaired) electrons. The van der Waals surface area contributed by atoms with Gasteiger partial charge in [-0.05, 0) is 39.3 Å². The molecule has 0 aromatic carbocycles. The van der Waals surface area contributed by atoms with Gasteiger partial charge in [0.25, 0.3) is 0 Å². The van der Waals surface area contributed by atoms with Gasteiger partial charge < -0.3 is 16.0 Å². The van der Waals surface area contributed by atoms with Crippen molar-refractivity contribution in [1.29, 1.82) is 0 Å². The molecule has 1 atom stereocenters. The lowest BCUT2D eigenvalue weighted by Gasteiger charge is -2.30. The molecule has 0 saturated carbocycles. The summed E-state index contributed by atoms with van der Waals surface area (Å²) in [6, 6.07) is 3.79. The number of nitro groups is 1. The quantitative estimate of drug-likeness (QED) is 0.626. The standard InChI is InChI=1S/C13H21N5O2/c1-9(2)17(8-10-4-3-7-15-10)12-6-5-11(18(19)20)13(14)16-12/h5-6,9-10,15H,3-4,7-8H2,1-2H3,(H2,14,16). The number of rotatable bonds is 5. The van der Waals surface area contributed by atoms with Crippen LogP contribution in [0, 0.1) is 10.1 Å². The molecule has 1 fully saturated rings. The first kappa shape index (κ1) is 14.5. The van der Waals surface area contributed by atoms with E-state index in [1.54, 1.807) is 6.07 Å². The maximum Gasteiger partial charge on any atom is 0.311 e. The van der Waals surface area contributed by atoms with Crippen LogP contribution in [0.3, 0.4) is 0 Å². The van der Waals surface area contributed by atoms with Gasteiger partial charge in [-0.1, -0.05) is 0 Å². The second-order valence-corrected chi connectivity index (χ2v) is 5.37. The van der Waals surface area contributed by atoms with Gasteiger partial charge in [0.15, 0.2) is 0 Å². The van der Waals surface area contributed by atoms with E-state index in [1.807, 2.05) is 0 Å². The van der Waals surface area contributed by atoms with Crippen molar-refractivity contribution in [2.45, 2.75) is 38.8 Å². The van der Waals surface area contributed by atoms with Gasteiger partial charge in [-0.3, -0.25) is 10.1 Å². The molecule has 7 nitrogen and oxygen atoms in total. The van der Waals surface area contributed by atoms with Crippen LogP contribution in [0.1, 0.15) is 26.7 Å². The van der Waals surface area contributed by atoms with Crippen LogP contribution in [-0.2, 0) is 0 Å². The SMILES string of the molecule is CC(C)N(CC1CCCN1)c1ccc([N+](=O)[O-])c(N)n1. The normalized spacial score (nSPS) is 18.4. The molecule has 3 N–H and O–H groups in total. The zero-order valence-corrected chi connectivity index (χ0v) is 11.9. The number of hydrogen-bond donors (Lipinski definition) is 2. The first-order chi connectivity index (χ1) is 9.49. The molecule has 2 heterocycles. The summed E-state index contributed by atoms with van der Waals surface area (Å²) < 4.78 is 0. The molecule has 0 spiro atoms. The Hall–Kier alpha value is -1.89. The minimum absolute atomic E-state index is 0.0301. The van der Waals surface area contributed by atoms with Gasteiger partial charge in [-0.15, -0.1) is 0 Å². The monoisotopic (exact) mass is 279 g/mol. The molecule has 110 valence electrons. The van der Waals surface area contributed by atoms with Gasteiger partial charge in [0.05, 0.1) is 4.92 Å². The highest BCUT2D eigenvalue weighted by atomic mass is 16.6. The summed E-state index contributed by atoms with van der Waals surface area (Å²) in [6.45, 7) is 6.04. The van der Waals surface area contributed by atoms with Crippen molar-refractivity contribution in [3.05, 3.63) is 22.2 Å². The van der Waals surface area contributed by atoms with Crippen molar-refractivity contribution in [1.82, 2.24) is 10.3 Å². The van der Waals surface area contributed by atoms with Crippen LogP contribution < -0.4 is 16.0 Å². The van der Waals surface area contributed by atoms with Gasteiger partial charge in [0, 0.05) is 24.7 Å². The molecule has 20 heavy (non-hydrogen) atoms. The van der Waals surface area contributed by atoms with E-state index in [9.17, 15) is 10.1 Å². The number of hydrogen-bond acceptors (Lipinski definition) is 6. The highest BCUT2D eigenvalue weighted by Gasteiger charge is 2.22. The Bertz CT molecular complexity index is 486. The number of nitrogens with one attached hydrogen (secondary N) is 1. The fourth-order valence-electron chi connectivity index (χ4n) is 2.49. The fourth-order valence-corrected chi connectivity index (χ4v) is 2.49. The number of anilines is 2. The third kappa shape index (κ3) is 3.16. The van der Waals surface area contributed by atoms with Crippen LogP contribution in [0.5, 0.6) is 0 Å². The molecule has 0 aliphatic carbocycles. The number of aromatic nitrogens is 1. The predicted octanol–water partition coefficient (Wildman–Crippen LogP) is 1.54. The van der Waals surface area contributed by atoms with E-state index >= 15 is 0 Å². The highest BCUT2D eigenvalue weighted by molar-refractivity contribution is 5.58. The van der Waals surface area contributed by atoms with Crippen LogP contribution in [0.2, 0.25) is 0 Å². The summed E-state index contributed by atoms with van der Waals surface area (Å²) in [4.78, 5) is 16.6. The Morgan fingerprint density at radius 3 is 2.85 bits per heavy atom. The molecular formula is C13H21N5O2. The van der Waals surface area contributed by atoms with Gasteiger partial charge >= 0.3 is 5.69 Å². The van der Waals surface area contributed by atoms with E-state index in [0.29, 0.717) is 11.9 Å². The number of nitrogens with two attached hydrogens (primary N) is 1. The minimum Gasteiger partial charge on any atom is -0.378 e. The summed E-state index contributed by atoms with van der Waals surface area (Å²) in [6.07, 6.45) is 2.33. The van der Waals surface area contributed by atoms with Crippen molar-refractivity contribution in [3.63, 3.8) is 0 Å². The molecule has 1 unspecified atom stereocenters. The summed E-state index contributed by atoms with van der Waals surface area (Å²) in [5, 5.41) is 14.2. The van der Waals surface area contributed by atoms with Gasteiger partial charge in [-0.25, -0.2) is 4.98 Å². The maximum absolute atomic E-state index is 10.8. The summed E-state index contributed by atoms with van der Waals surface area (Å²) in [5.41, 5.74) is 5.53. The first-order valence-electron chi connectivity index (χ1n) is 6.90. The number of nitrogens with zero attached hydrogens (tertiary/aromatic N) is 3. The van der Waals surface area contributed by atoms with Gasteiger partial charge in [0.2, 0.25) is 5.82 Å². The molecule has 7 heteroatoms. The van der Waals surface area contributed by atoms with Crippen LogP contribution in [0.25, 0.3) is 0 Å². The third-order valence-electron chi connectivity index (χ3n) is 3.58. The summed E-state index contributed by atoms with van der Waals surface area (Å²) in [7, 11) is 0. The van der Waals surface area contributed by atoms with Crippen LogP contribution >= 0.6 is 0 Å². The van der Waals surface area contributed by atoms with Crippen LogP contribution in [0.15, 0.2) is 12.1 Å². The minimum atomic E-state index is -0.510. The van der Waals surface area contributed by atoms with E-state index < -0.39 is 4.92 Å². The topological polar surface area (TPSA) is 97.3 Å². The number of nitrogen functional groups attached to an aromatic ring is 1. The van der Waals surface area contributed by atoms with E-state index in [4.69, 9.17) is 5.73 Å². The fraction of sp³-hybridized carbons (Fsp3) is 0.615. The molecule has 0 bridgehead atoms. The van der Waals surface area contributed by atoms with Crippen molar-refractivity contribution < 1.29 is 4.92 Å². The molecule has 1 aromatic heterocycles. The first-order valence-corrected chi connectivity index (χ1v) is 6.90. The molecule has 1 aliphatic rings. The van der Waals surface area contributed by atoms with E-state index in [0.717, 1.165) is 19.5 Å². The smallest absolute Gasteiger partial charge is 0.311 e. The van der Waals surface area contributed by atoms with E-state index in [1.165, 1.54) is 12.5 Å². The molecular weight excluding hydrogens is 258 g/mol. The largest absolute Gasteiger partial charge is 0.378 e. The zero-order chi connectivity index (χ0) is 14.7. The molecule has 1 aromatic rings. The summed E-state index contributed by atoms with van der Waals surface area (Å²) >= 11 is 0. The Morgan fingerprint density at radius 1 is 1.60 bits per heavy atom. The molecule has 0 amide bonds. The molecule has 1 aliphatic heterocycles. The Morgan fingerprint density at radius 2 is 2.35 bits per heavy atom. The van der Waals surface area contributed by atoms with E-state index in [2.05, 4.69) is 29.0 Å². The highest BCUT2D eigenvalue weighted by Crippen LogP contribution is 2.24. The molecule has 1 saturated heterocycles. The Labute approximate surface area is 118 Å². The second-order valence-electron chi connectivity index (χ2n) is 5.37. The molecule has 2 rings (SSSR count). The zero-order valence-electron chi connectivity index (χ0n) is 11.9. The average Bonchev–Trinajstić information content (AvgIpc) is 2.87. The Kier molecular flexibility index (Phi) is 4.39. The van der Waals surface area contributed by atoms with Gasteiger partial charge in [0.1, 0.15) is 5.82 Å². The third-order valence-corrected chi connectivity index (χ3v) is 3.58. The van der Waals surface area contributed by atoms with Crippen molar-refractivity contribution >= 4 is 17.3 Å². The average molecular weight is 279 g/mol. The van der Waals surface area contributed by atoms with Crippen molar-refractivity contribution in [2.75, 3.05) is 23.7 Å². The second kappa shape index (κ2) is 6.04. The van der Waals surface area contributed by atoms with Crippen molar-refractivity contribution in [3.8, 4) is 0 Å². The van der Waals surface area contributed by atoms with Crippen LogP contribution in [0.4, 0.5) is 17.3 Å². The lowest BCUT2D eigenvalue weighted by molar-refractivity contribution is -0.384. The van der Waals surface area contributed by atoms with E-state index in [-0.39, 0.29) is 17.5 Å².